The number of para-hydroxylation sites is 2. The second kappa shape index (κ2) is 7.43. The third kappa shape index (κ3) is 3.66. The molecule has 0 amide bonds. The van der Waals surface area contributed by atoms with Gasteiger partial charge in [-0.15, -0.1) is 0 Å². The number of cyclic esters (lactones) is 1. The predicted molar refractivity (Wildman–Crippen MR) is 97.2 cm³/mol. The summed E-state index contributed by atoms with van der Waals surface area (Å²) in [6, 6.07) is 15.4. The molecule has 28 heavy (non-hydrogen) atoms. The van der Waals surface area contributed by atoms with E-state index in [0.29, 0.717) is 5.56 Å². The Kier molecular flexibility index (Phi) is 4.67. The van der Waals surface area contributed by atoms with Crippen LogP contribution < -0.4 is 4.74 Å². The third-order valence-corrected chi connectivity index (χ3v) is 3.88. The fourth-order valence-electron chi connectivity index (χ4n) is 2.66. The molecule has 0 bridgehead atoms. The van der Waals surface area contributed by atoms with Gasteiger partial charge in [-0.2, -0.15) is 13.9 Å². The van der Waals surface area contributed by atoms with Gasteiger partial charge in [-0.3, -0.25) is 0 Å². The van der Waals surface area contributed by atoms with E-state index < -0.39 is 12.6 Å². The van der Waals surface area contributed by atoms with Gasteiger partial charge in [-0.25, -0.2) is 14.5 Å². The van der Waals surface area contributed by atoms with Crippen LogP contribution in [-0.4, -0.2) is 28.3 Å². The normalized spacial score (nSPS) is 15.0. The van der Waals surface area contributed by atoms with Crippen molar-refractivity contribution in [2.24, 2.45) is 4.99 Å². The van der Waals surface area contributed by atoms with Crippen molar-refractivity contribution in [1.29, 1.82) is 0 Å². The lowest BCUT2D eigenvalue weighted by atomic mass is 10.2. The van der Waals surface area contributed by atoms with E-state index >= 15 is 0 Å². The standard InChI is InChI=1S/C20H13F2N3O3/c21-20(22)27-17-9-5-4-8-15(17)18-24-16(19(26)28-18)10-13-11-23-25(12-13)14-6-2-1-3-7-14/h1-12,20H. The van der Waals surface area contributed by atoms with Crippen molar-refractivity contribution in [3.05, 3.63) is 83.8 Å². The quantitative estimate of drug-likeness (QED) is 0.498. The van der Waals surface area contributed by atoms with Crippen LogP contribution in [0.3, 0.4) is 0 Å². The molecule has 8 heteroatoms. The van der Waals surface area contributed by atoms with Gasteiger partial charge < -0.3 is 9.47 Å². The SMILES string of the molecule is O=C1OC(c2ccccc2OC(F)F)=NC1=Cc1cnn(-c2ccccc2)c1. The number of nitrogens with zero attached hydrogens (tertiary/aromatic N) is 3. The monoisotopic (exact) mass is 381 g/mol. The zero-order valence-electron chi connectivity index (χ0n) is 14.3. The van der Waals surface area contributed by atoms with Crippen LogP contribution in [0.4, 0.5) is 8.78 Å². The van der Waals surface area contributed by atoms with Crippen molar-refractivity contribution >= 4 is 17.9 Å². The van der Waals surface area contributed by atoms with Crippen LogP contribution in [-0.2, 0) is 9.53 Å². The Labute approximate surface area is 158 Å². The summed E-state index contributed by atoms with van der Waals surface area (Å²) in [5, 5.41) is 4.25. The van der Waals surface area contributed by atoms with Crippen LogP contribution in [0.2, 0.25) is 0 Å². The molecule has 0 saturated heterocycles. The van der Waals surface area contributed by atoms with Crippen LogP contribution in [0.25, 0.3) is 11.8 Å². The van der Waals surface area contributed by atoms with Crippen LogP contribution in [0, 0.1) is 0 Å². The minimum absolute atomic E-state index is 0.0365. The van der Waals surface area contributed by atoms with Gasteiger partial charge in [-0.05, 0) is 30.3 Å². The lowest BCUT2D eigenvalue weighted by Gasteiger charge is -2.08. The van der Waals surface area contributed by atoms with E-state index in [1.165, 1.54) is 24.3 Å². The topological polar surface area (TPSA) is 65.7 Å². The minimum atomic E-state index is -3.00. The molecule has 140 valence electrons. The zero-order chi connectivity index (χ0) is 19.5. The first-order chi connectivity index (χ1) is 13.6. The first-order valence-corrected chi connectivity index (χ1v) is 8.27. The predicted octanol–water partition coefficient (Wildman–Crippen LogP) is 3.82. The van der Waals surface area contributed by atoms with Crippen LogP contribution in [0.1, 0.15) is 11.1 Å². The van der Waals surface area contributed by atoms with Gasteiger partial charge in [0.15, 0.2) is 5.70 Å². The number of carbonyl (C=O) groups excluding carboxylic acids is 1. The lowest BCUT2D eigenvalue weighted by molar-refractivity contribution is -0.129. The van der Waals surface area contributed by atoms with Crippen molar-refractivity contribution in [3.63, 3.8) is 0 Å². The Balaban J connectivity index is 1.63. The summed E-state index contributed by atoms with van der Waals surface area (Å²) in [7, 11) is 0. The fourth-order valence-corrected chi connectivity index (χ4v) is 2.66. The molecule has 0 N–H and O–H groups in total. The zero-order valence-corrected chi connectivity index (χ0v) is 14.3. The van der Waals surface area contributed by atoms with Crippen LogP contribution in [0.5, 0.6) is 5.75 Å². The number of carbonyl (C=O) groups is 1. The van der Waals surface area contributed by atoms with Gasteiger partial charge >= 0.3 is 12.6 Å². The summed E-state index contributed by atoms with van der Waals surface area (Å²) in [5.41, 5.74) is 1.70. The van der Waals surface area contributed by atoms with Gasteiger partial charge in [0.2, 0.25) is 5.90 Å². The highest BCUT2D eigenvalue weighted by Crippen LogP contribution is 2.26. The van der Waals surface area contributed by atoms with Gasteiger partial charge in [0.1, 0.15) is 5.75 Å². The molecule has 0 aliphatic carbocycles. The summed E-state index contributed by atoms with van der Waals surface area (Å²) in [5.74, 6) is -0.903. The largest absolute Gasteiger partial charge is 0.434 e. The van der Waals surface area contributed by atoms with E-state index in [0.717, 1.165) is 5.69 Å². The molecule has 0 unspecified atom stereocenters. The summed E-state index contributed by atoms with van der Waals surface area (Å²) in [6.45, 7) is -3.00. The molecule has 0 fully saturated rings. The van der Waals surface area contributed by atoms with Crippen LogP contribution in [0.15, 0.2) is 77.7 Å². The molecule has 0 spiro atoms. The highest BCUT2D eigenvalue weighted by molar-refractivity contribution is 6.13. The molecule has 1 aliphatic heterocycles. The molecular formula is C20H13F2N3O3. The summed E-state index contributed by atoms with van der Waals surface area (Å²) in [4.78, 5) is 16.3. The lowest BCUT2D eigenvalue weighted by Crippen LogP contribution is -2.10. The third-order valence-electron chi connectivity index (χ3n) is 3.88. The Morgan fingerprint density at radius 2 is 1.82 bits per heavy atom. The number of ether oxygens (including phenoxy) is 2. The summed E-state index contributed by atoms with van der Waals surface area (Å²) in [6.07, 6.45) is 4.82. The number of rotatable bonds is 5. The number of halogens is 2. The molecule has 4 rings (SSSR count). The minimum Gasteiger partial charge on any atom is -0.434 e. The van der Waals surface area contributed by atoms with Crippen molar-refractivity contribution in [1.82, 2.24) is 9.78 Å². The van der Waals surface area contributed by atoms with Crippen molar-refractivity contribution in [3.8, 4) is 11.4 Å². The number of benzene rings is 2. The van der Waals surface area contributed by atoms with Crippen molar-refractivity contribution in [2.75, 3.05) is 0 Å². The average molecular weight is 381 g/mol. The first kappa shape index (κ1) is 17.6. The van der Waals surface area contributed by atoms with Gasteiger partial charge in [0, 0.05) is 11.8 Å². The Morgan fingerprint density at radius 3 is 2.61 bits per heavy atom. The maximum atomic E-state index is 12.6. The summed E-state index contributed by atoms with van der Waals surface area (Å²) < 4.78 is 36.4. The number of esters is 1. The molecule has 1 aliphatic rings. The van der Waals surface area contributed by atoms with Crippen molar-refractivity contribution in [2.45, 2.75) is 6.61 Å². The van der Waals surface area contributed by atoms with Crippen LogP contribution >= 0.6 is 0 Å². The molecule has 2 aromatic carbocycles. The molecule has 2 heterocycles. The number of alkyl halides is 2. The second-order valence-electron chi connectivity index (χ2n) is 5.76. The molecular weight excluding hydrogens is 368 g/mol. The maximum absolute atomic E-state index is 12.6. The Morgan fingerprint density at radius 1 is 1.07 bits per heavy atom. The number of hydrogen-bond donors (Lipinski definition) is 0. The molecule has 6 nitrogen and oxygen atoms in total. The highest BCUT2D eigenvalue weighted by atomic mass is 19.3. The van der Waals surface area contributed by atoms with Gasteiger partial charge in [0.25, 0.3) is 0 Å². The average Bonchev–Trinajstić information content (AvgIpc) is 3.30. The maximum Gasteiger partial charge on any atom is 0.387 e. The van der Waals surface area contributed by atoms with Crippen molar-refractivity contribution < 1.29 is 23.0 Å². The number of hydrogen-bond acceptors (Lipinski definition) is 5. The van der Waals surface area contributed by atoms with Gasteiger partial charge in [0.05, 0.1) is 17.4 Å². The van der Waals surface area contributed by atoms with E-state index in [1.807, 2.05) is 30.3 Å². The van der Waals surface area contributed by atoms with E-state index in [4.69, 9.17) is 4.74 Å². The number of aromatic nitrogens is 2. The summed E-state index contributed by atoms with van der Waals surface area (Å²) >= 11 is 0. The first-order valence-electron chi connectivity index (χ1n) is 8.27. The highest BCUT2D eigenvalue weighted by Gasteiger charge is 2.27. The molecule has 0 saturated carbocycles. The molecule has 0 atom stereocenters. The van der Waals surface area contributed by atoms with E-state index in [2.05, 4.69) is 14.8 Å². The van der Waals surface area contributed by atoms with E-state index in [1.54, 1.807) is 23.1 Å². The second-order valence-corrected chi connectivity index (χ2v) is 5.76. The van der Waals surface area contributed by atoms with E-state index in [9.17, 15) is 13.6 Å². The van der Waals surface area contributed by atoms with Gasteiger partial charge in [-0.1, -0.05) is 30.3 Å². The molecule has 0 radical (unpaired) electrons. The van der Waals surface area contributed by atoms with E-state index in [-0.39, 0.29) is 22.9 Å². The fraction of sp³-hybridized carbons (Fsp3) is 0.0500. The number of aliphatic imine (C=N–C) groups is 1. The smallest absolute Gasteiger partial charge is 0.387 e. The molecule has 3 aromatic rings. The molecule has 1 aromatic heterocycles. The Bertz CT molecular complexity index is 1080. The Hall–Kier alpha value is -3.81.